The SMILES string of the molecule is C=CCn1cc(CC(=O)NC2CCCCC2)c2cc(OCc3ccc(Br)cc3)ccc21. The number of ether oxygens (including phenoxy) is 1. The molecule has 3 aromatic rings. The fourth-order valence-electron chi connectivity index (χ4n) is 4.32. The molecular weight excluding hydrogens is 452 g/mol. The number of nitrogens with zero attached hydrogens (tertiary/aromatic N) is 1. The lowest BCUT2D eigenvalue weighted by atomic mass is 9.95. The molecule has 0 unspecified atom stereocenters. The van der Waals surface area contributed by atoms with Gasteiger partial charge in [-0.15, -0.1) is 6.58 Å². The Bertz CT molecular complexity index is 1050. The van der Waals surface area contributed by atoms with Gasteiger partial charge in [-0.1, -0.05) is 53.4 Å². The van der Waals surface area contributed by atoms with Gasteiger partial charge in [-0.05, 0) is 54.3 Å². The molecule has 0 saturated heterocycles. The van der Waals surface area contributed by atoms with Crippen molar-refractivity contribution in [2.45, 2.75) is 57.7 Å². The molecule has 31 heavy (non-hydrogen) atoms. The van der Waals surface area contributed by atoms with Crippen molar-refractivity contribution in [3.63, 3.8) is 0 Å². The average Bonchev–Trinajstić information content (AvgIpc) is 3.10. The van der Waals surface area contributed by atoms with Gasteiger partial charge in [-0.2, -0.15) is 0 Å². The van der Waals surface area contributed by atoms with Crippen LogP contribution in [0.25, 0.3) is 10.9 Å². The number of nitrogens with one attached hydrogen (secondary N) is 1. The number of benzene rings is 2. The van der Waals surface area contributed by atoms with E-state index < -0.39 is 0 Å². The molecule has 4 nitrogen and oxygen atoms in total. The van der Waals surface area contributed by atoms with E-state index in [0.717, 1.165) is 45.1 Å². The minimum atomic E-state index is 0.103. The zero-order chi connectivity index (χ0) is 21.6. The van der Waals surface area contributed by atoms with Crippen LogP contribution in [0.4, 0.5) is 0 Å². The number of hydrogen-bond donors (Lipinski definition) is 1. The summed E-state index contributed by atoms with van der Waals surface area (Å²) < 4.78 is 9.24. The van der Waals surface area contributed by atoms with Gasteiger partial charge in [-0.3, -0.25) is 4.79 Å². The fraction of sp³-hybridized carbons (Fsp3) is 0.346. The van der Waals surface area contributed by atoms with Crippen molar-refractivity contribution in [2.24, 2.45) is 0 Å². The zero-order valence-corrected chi connectivity index (χ0v) is 19.4. The summed E-state index contributed by atoms with van der Waals surface area (Å²) in [6.07, 6.45) is 10.2. The van der Waals surface area contributed by atoms with Crippen LogP contribution in [0.1, 0.15) is 43.2 Å². The van der Waals surface area contributed by atoms with Crippen LogP contribution >= 0.6 is 15.9 Å². The summed E-state index contributed by atoms with van der Waals surface area (Å²) in [6.45, 7) is 5.08. The quantitative estimate of drug-likeness (QED) is 0.392. The second-order valence-corrected chi connectivity index (χ2v) is 9.18. The molecule has 1 aromatic heterocycles. The highest BCUT2D eigenvalue weighted by Crippen LogP contribution is 2.28. The average molecular weight is 481 g/mol. The number of carbonyl (C=O) groups is 1. The third-order valence-corrected chi connectivity index (χ3v) is 6.43. The van der Waals surface area contributed by atoms with Crippen molar-refractivity contribution in [2.75, 3.05) is 0 Å². The van der Waals surface area contributed by atoms with Crippen molar-refractivity contribution in [1.82, 2.24) is 9.88 Å². The molecule has 0 aliphatic heterocycles. The van der Waals surface area contributed by atoms with Gasteiger partial charge < -0.3 is 14.6 Å². The Morgan fingerprint density at radius 1 is 1.16 bits per heavy atom. The van der Waals surface area contributed by atoms with Crippen molar-refractivity contribution in [3.8, 4) is 5.75 Å². The number of aromatic nitrogens is 1. The minimum absolute atomic E-state index is 0.103. The largest absolute Gasteiger partial charge is 0.489 e. The lowest BCUT2D eigenvalue weighted by molar-refractivity contribution is -0.121. The van der Waals surface area contributed by atoms with E-state index in [9.17, 15) is 4.79 Å². The van der Waals surface area contributed by atoms with Crippen molar-refractivity contribution in [1.29, 1.82) is 0 Å². The maximum atomic E-state index is 12.7. The molecule has 2 aromatic carbocycles. The standard InChI is InChI=1S/C26H29BrN2O2/c1-2-14-29-17-20(15-26(30)28-22-6-4-3-5-7-22)24-16-23(12-13-25(24)29)31-18-19-8-10-21(27)11-9-19/h2,8-13,16-17,22H,1,3-7,14-15,18H2,(H,28,30). The zero-order valence-electron chi connectivity index (χ0n) is 17.8. The number of amides is 1. The first-order valence-electron chi connectivity index (χ1n) is 11.0. The number of rotatable bonds is 8. The molecule has 5 heteroatoms. The van der Waals surface area contributed by atoms with E-state index in [-0.39, 0.29) is 5.91 Å². The number of carbonyl (C=O) groups excluding carboxylic acids is 1. The topological polar surface area (TPSA) is 43.3 Å². The number of allylic oxidation sites excluding steroid dienone is 1. The highest BCUT2D eigenvalue weighted by Gasteiger charge is 2.18. The molecule has 1 N–H and O–H groups in total. The molecule has 162 valence electrons. The van der Waals surface area contributed by atoms with Gasteiger partial charge >= 0.3 is 0 Å². The van der Waals surface area contributed by atoms with Crippen LogP contribution in [-0.4, -0.2) is 16.5 Å². The van der Waals surface area contributed by atoms with Crippen LogP contribution in [0.2, 0.25) is 0 Å². The van der Waals surface area contributed by atoms with Crippen molar-refractivity contribution in [3.05, 3.63) is 76.9 Å². The summed E-state index contributed by atoms with van der Waals surface area (Å²) >= 11 is 3.46. The molecule has 1 fully saturated rings. The molecular formula is C26H29BrN2O2. The van der Waals surface area contributed by atoms with Crippen LogP contribution in [0.15, 0.2) is 65.8 Å². The highest BCUT2D eigenvalue weighted by molar-refractivity contribution is 9.10. The highest BCUT2D eigenvalue weighted by atomic mass is 79.9. The van der Waals surface area contributed by atoms with E-state index in [1.807, 2.05) is 36.4 Å². The van der Waals surface area contributed by atoms with Gasteiger partial charge in [0.1, 0.15) is 12.4 Å². The summed E-state index contributed by atoms with van der Waals surface area (Å²) in [6, 6.07) is 14.6. The van der Waals surface area contributed by atoms with Gasteiger partial charge in [0.25, 0.3) is 0 Å². The van der Waals surface area contributed by atoms with Crippen LogP contribution in [-0.2, 0) is 24.4 Å². The van der Waals surface area contributed by atoms with Gasteiger partial charge in [0.15, 0.2) is 0 Å². The maximum Gasteiger partial charge on any atom is 0.224 e. The second kappa shape index (κ2) is 10.2. The summed E-state index contributed by atoms with van der Waals surface area (Å²) in [7, 11) is 0. The number of halogens is 1. The molecule has 0 spiro atoms. The number of fused-ring (bicyclic) bond motifs is 1. The molecule has 0 bridgehead atoms. The van der Waals surface area contributed by atoms with E-state index in [1.165, 1.54) is 19.3 Å². The lowest BCUT2D eigenvalue weighted by Crippen LogP contribution is -2.37. The first-order valence-corrected chi connectivity index (χ1v) is 11.8. The number of hydrogen-bond acceptors (Lipinski definition) is 2. The van der Waals surface area contributed by atoms with E-state index >= 15 is 0 Å². The van der Waals surface area contributed by atoms with E-state index in [4.69, 9.17) is 4.74 Å². The van der Waals surface area contributed by atoms with Gasteiger partial charge in [-0.25, -0.2) is 0 Å². The normalized spacial score (nSPS) is 14.5. The molecule has 0 radical (unpaired) electrons. The Hall–Kier alpha value is -2.53. The van der Waals surface area contributed by atoms with Gasteiger partial charge in [0.05, 0.1) is 6.42 Å². The fourth-order valence-corrected chi connectivity index (χ4v) is 4.58. The minimum Gasteiger partial charge on any atom is -0.489 e. The Labute approximate surface area is 192 Å². The smallest absolute Gasteiger partial charge is 0.224 e. The van der Waals surface area contributed by atoms with E-state index in [0.29, 0.717) is 25.6 Å². The molecule has 0 atom stereocenters. The third kappa shape index (κ3) is 5.59. The first-order chi connectivity index (χ1) is 15.1. The molecule has 1 saturated carbocycles. The Balaban J connectivity index is 1.51. The first kappa shape index (κ1) is 21.7. The summed E-state index contributed by atoms with van der Waals surface area (Å²) in [4.78, 5) is 12.7. The monoisotopic (exact) mass is 480 g/mol. The molecule has 1 aliphatic carbocycles. The second-order valence-electron chi connectivity index (χ2n) is 8.27. The predicted octanol–water partition coefficient (Wildman–Crippen LogP) is 6.16. The third-order valence-electron chi connectivity index (χ3n) is 5.90. The maximum absolute atomic E-state index is 12.7. The van der Waals surface area contributed by atoms with Gasteiger partial charge in [0, 0.05) is 34.2 Å². The van der Waals surface area contributed by atoms with Crippen LogP contribution in [0.5, 0.6) is 5.75 Å². The Morgan fingerprint density at radius 2 is 1.94 bits per heavy atom. The van der Waals surface area contributed by atoms with Crippen molar-refractivity contribution < 1.29 is 9.53 Å². The molecule has 1 heterocycles. The predicted molar refractivity (Wildman–Crippen MR) is 129 cm³/mol. The van der Waals surface area contributed by atoms with Crippen LogP contribution in [0, 0.1) is 0 Å². The Morgan fingerprint density at radius 3 is 2.68 bits per heavy atom. The summed E-state index contributed by atoms with van der Waals surface area (Å²) in [5.74, 6) is 0.909. The molecule has 1 amide bonds. The lowest BCUT2D eigenvalue weighted by Gasteiger charge is -2.22. The van der Waals surface area contributed by atoms with Crippen LogP contribution in [0.3, 0.4) is 0 Å². The van der Waals surface area contributed by atoms with Gasteiger partial charge in [0.2, 0.25) is 5.91 Å². The molecule has 1 aliphatic rings. The molecule has 4 rings (SSSR count). The Kier molecular flexibility index (Phi) is 7.13. The van der Waals surface area contributed by atoms with Crippen molar-refractivity contribution >= 4 is 32.7 Å². The van der Waals surface area contributed by atoms with E-state index in [2.05, 4.69) is 50.7 Å². The summed E-state index contributed by atoms with van der Waals surface area (Å²) in [5, 5.41) is 4.30. The van der Waals surface area contributed by atoms with Crippen LogP contribution < -0.4 is 10.1 Å². The van der Waals surface area contributed by atoms with E-state index in [1.54, 1.807) is 0 Å². The summed E-state index contributed by atoms with van der Waals surface area (Å²) in [5.41, 5.74) is 3.23.